The Morgan fingerprint density at radius 1 is 1.04 bits per heavy atom. The van der Waals surface area contributed by atoms with Crippen LogP contribution in [0.4, 0.5) is 4.79 Å². The van der Waals surface area contributed by atoms with E-state index in [-0.39, 0.29) is 6.03 Å². The fourth-order valence-electron chi connectivity index (χ4n) is 2.56. The Labute approximate surface area is 159 Å². The Bertz CT molecular complexity index is 844. The number of benzene rings is 2. The first-order chi connectivity index (χ1) is 13.2. The summed E-state index contributed by atoms with van der Waals surface area (Å²) in [5.74, 6) is 0.804. The van der Waals surface area contributed by atoms with E-state index >= 15 is 0 Å². The third kappa shape index (κ3) is 5.88. The van der Waals surface area contributed by atoms with Gasteiger partial charge in [-0.2, -0.15) is 5.10 Å². The summed E-state index contributed by atoms with van der Waals surface area (Å²) in [5.41, 5.74) is 3.28. The third-order valence-electron chi connectivity index (χ3n) is 4.03. The van der Waals surface area contributed by atoms with Crippen LogP contribution >= 0.6 is 0 Å². The van der Waals surface area contributed by atoms with Crippen LogP contribution in [-0.2, 0) is 6.42 Å². The summed E-state index contributed by atoms with van der Waals surface area (Å²) in [4.78, 5) is 11.8. The monoisotopic (exact) mass is 364 g/mol. The Morgan fingerprint density at radius 2 is 1.78 bits per heavy atom. The van der Waals surface area contributed by atoms with Gasteiger partial charge in [0.05, 0.1) is 18.4 Å². The Hall–Kier alpha value is -3.28. The number of aryl methyl sites for hydroxylation is 1. The molecule has 0 aliphatic carbocycles. The number of urea groups is 1. The standard InChI is InChI=1S/C21H24N4O2/c1-17-7-9-20(10-8-17)27-14-13-23-21(26)22-12-11-18-15-24-25(16-18)19-5-3-2-4-6-19/h2-10,15-16H,11-14H2,1H3,(H2,22,23,26). The number of amides is 2. The number of carbonyl (C=O) groups excluding carboxylic acids is 1. The van der Waals surface area contributed by atoms with Gasteiger partial charge in [0.25, 0.3) is 0 Å². The van der Waals surface area contributed by atoms with Crippen LogP contribution in [0.5, 0.6) is 5.75 Å². The summed E-state index contributed by atoms with van der Waals surface area (Å²) in [6.07, 6.45) is 4.52. The van der Waals surface area contributed by atoms with Gasteiger partial charge in [-0.05, 0) is 43.2 Å². The summed E-state index contributed by atoms with van der Waals surface area (Å²) >= 11 is 0. The number of hydrogen-bond donors (Lipinski definition) is 2. The zero-order valence-corrected chi connectivity index (χ0v) is 15.4. The molecule has 3 rings (SSSR count). The molecule has 2 amide bonds. The molecule has 1 heterocycles. The van der Waals surface area contributed by atoms with E-state index in [4.69, 9.17) is 4.74 Å². The normalized spacial score (nSPS) is 10.4. The van der Waals surface area contributed by atoms with Crippen LogP contribution in [0, 0.1) is 6.92 Å². The summed E-state index contributed by atoms with van der Waals surface area (Å²) in [6.45, 7) is 3.46. The molecule has 6 nitrogen and oxygen atoms in total. The lowest BCUT2D eigenvalue weighted by Crippen LogP contribution is -2.38. The van der Waals surface area contributed by atoms with Crippen LogP contribution in [-0.4, -0.2) is 35.5 Å². The van der Waals surface area contributed by atoms with Crippen LogP contribution in [0.1, 0.15) is 11.1 Å². The Balaban J connectivity index is 1.31. The molecular formula is C21H24N4O2. The second-order valence-electron chi connectivity index (χ2n) is 6.22. The fourth-order valence-corrected chi connectivity index (χ4v) is 2.56. The molecule has 140 valence electrons. The van der Waals surface area contributed by atoms with Crippen molar-refractivity contribution in [2.75, 3.05) is 19.7 Å². The van der Waals surface area contributed by atoms with Gasteiger partial charge in [-0.3, -0.25) is 0 Å². The average molecular weight is 364 g/mol. The first-order valence-corrected chi connectivity index (χ1v) is 9.01. The average Bonchev–Trinajstić information content (AvgIpc) is 3.16. The van der Waals surface area contributed by atoms with Gasteiger partial charge >= 0.3 is 6.03 Å². The highest BCUT2D eigenvalue weighted by atomic mass is 16.5. The number of hydrogen-bond acceptors (Lipinski definition) is 3. The molecule has 0 spiro atoms. The molecule has 2 N–H and O–H groups in total. The minimum Gasteiger partial charge on any atom is -0.492 e. The number of aromatic nitrogens is 2. The molecule has 0 radical (unpaired) electrons. The second kappa shape index (κ2) is 9.43. The molecule has 27 heavy (non-hydrogen) atoms. The van der Waals surface area contributed by atoms with Gasteiger partial charge in [0.1, 0.15) is 12.4 Å². The molecule has 0 aliphatic heterocycles. The first-order valence-electron chi connectivity index (χ1n) is 9.01. The summed E-state index contributed by atoms with van der Waals surface area (Å²) < 4.78 is 7.41. The molecule has 0 bridgehead atoms. The zero-order chi connectivity index (χ0) is 18.9. The summed E-state index contributed by atoms with van der Waals surface area (Å²) in [6, 6.07) is 17.6. The Morgan fingerprint density at radius 3 is 2.56 bits per heavy atom. The van der Waals surface area contributed by atoms with Crippen molar-refractivity contribution >= 4 is 6.03 Å². The number of para-hydroxylation sites is 1. The number of rotatable bonds is 8. The molecule has 0 fully saturated rings. The van der Waals surface area contributed by atoms with E-state index in [0.717, 1.165) is 23.4 Å². The first kappa shape index (κ1) is 18.5. The van der Waals surface area contributed by atoms with Crippen molar-refractivity contribution < 1.29 is 9.53 Å². The number of nitrogens with one attached hydrogen (secondary N) is 2. The van der Waals surface area contributed by atoms with E-state index in [2.05, 4.69) is 15.7 Å². The summed E-state index contributed by atoms with van der Waals surface area (Å²) in [7, 11) is 0. The maximum Gasteiger partial charge on any atom is 0.314 e. The smallest absolute Gasteiger partial charge is 0.314 e. The number of nitrogens with zero attached hydrogens (tertiary/aromatic N) is 2. The predicted molar refractivity (Wildman–Crippen MR) is 105 cm³/mol. The van der Waals surface area contributed by atoms with Crippen molar-refractivity contribution in [2.24, 2.45) is 0 Å². The molecule has 0 aliphatic rings. The van der Waals surface area contributed by atoms with Gasteiger partial charge in [0, 0.05) is 12.7 Å². The van der Waals surface area contributed by atoms with E-state index in [1.54, 1.807) is 0 Å². The van der Waals surface area contributed by atoms with E-state index in [1.165, 1.54) is 5.56 Å². The SMILES string of the molecule is Cc1ccc(OCCNC(=O)NCCc2cnn(-c3ccccc3)c2)cc1. The van der Waals surface area contributed by atoms with E-state index in [9.17, 15) is 4.79 Å². The highest BCUT2D eigenvalue weighted by Crippen LogP contribution is 2.10. The van der Waals surface area contributed by atoms with Gasteiger partial charge in [-0.1, -0.05) is 35.9 Å². The molecule has 0 unspecified atom stereocenters. The largest absolute Gasteiger partial charge is 0.492 e. The maximum atomic E-state index is 11.8. The fraction of sp³-hybridized carbons (Fsp3) is 0.238. The molecular weight excluding hydrogens is 340 g/mol. The highest BCUT2D eigenvalue weighted by Gasteiger charge is 2.03. The van der Waals surface area contributed by atoms with Crippen molar-refractivity contribution in [1.29, 1.82) is 0 Å². The van der Waals surface area contributed by atoms with Crippen LogP contribution in [0.2, 0.25) is 0 Å². The van der Waals surface area contributed by atoms with E-state index in [0.29, 0.717) is 19.7 Å². The number of carbonyl (C=O) groups is 1. The highest BCUT2D eigenvalue weighted by molar-refractivity contribution is 5.73. The van der Waals surface area contributed by atoms with Crippen LogP contribution < -0.4 is 15.4 Å². The van der Waals surface area contributed by atoms with Crippen molar-refractivity contribution in [3.05, 3.63) is 78.1 Å². The lowest BCUT2D eigenvalue weighted by molar-refractivity contribution is 0.236. The third-order valence-corrected chi connectivity index (χ3v) is 4.03. The molecule has 0 atom stereocenters. The Kier molecular flexibility index (Phi) is 6.46. The van der Waals surface area contributed by atoms with Crippen molar-refractivity contribution in [3.8, 4) is 11.4 Å². The number of ether oxygens (including phenoxy) is 1. The zero-order valence-electron chi connectivity index (χ0n) is 15.4. The predicted octanol–water partition coefficient (Wildman–Crippen LogP) is 3.10. The minimum absolute atomic E-state index is 0.196. The molecule has 6 heteroatoms. The van der Waals surface area contributed by atoms with Crippen LogP contribution in [0.15, 0.2) is 67.0 Å². The topological polar surface area (TPSA) is 68.2 Å². The maximum absolute atomic E-state index is 11.8. The van der Waals surface area contributed by atoms with Gasteiger partial charge in [0.2, 0.25) is 0 Å². The van der Waals surface area contributed by atoms with Crippen molar-refractivity contribution in [1.82, 2.24) is 20.4 Å². The van der Waals surface area contributed by atoms with Gasteiger partial charge in [-0.25, -0.2) is 9.48 Å². The quantitative estimate of drug-likeness (QED) is 0.604. The van der Waals surface area contributed by atoms with E-state index < -0.39 is 0 Å². The molecule has 0 saturated heterocycles. The lowest BCUT2D eigenvalue weighted by Gasteiger charge is -2.09. The molecule has 2 aromatic carbocycles. The molecule has 3 aromatic rings. The minimum atomic E-state index is -0.196. The second-order valence-corrected chi connectivity index (χ2v) is 6.22. The van der Waals surface area contributed by atoms with Crippen LogP contribution in [0.25, 0.3) is 5.69 Å². The van der Waals surface area contributed by atoms with Gasteiger partial charge in [-0.15, -0.1) is 0 Å². The lowest BCUT2D eigenvalue weighted by atomic mass is 10.2. The van der Waals surface area contributed by atoms with Crippen molar-refractivity contribution in [3.63, 3.8) is 0 Å². The van der Waals surface area contributed by atoms with Crippen LogP contribution in [0.3, 0.4) is 0 Å². The van der Waals surface area contributed by atoms with Gasteiger partial charge in [0.15, 0.2) is 0 Å². The summed E-state index contributed by atoms with van der Waals surface area (Å²) in [5, 5.41) is 9.98. The molecule has 1 aromatic heterocycles. The van der Waals surface area contributed by atoms with Gasteiger partial charge < -0.3 is 15.4 Å². The van der Waals surface area contributed by atoms with E-state index in [1.807, 2.05) is 78.6 Å². The van der Waals surface area contributed by atoms with Crippen molar-refractivity contribution in [2.45, 2.75) is 13.3 Å². The molecule has 0 saturated carbocycles.